The number of rotatable bonds is 3. The molecule has 7 heteroatoms. The van der Waals surface area contributed by atoms with Gasteiger partial charge in [-0.2, -0.15) is 4.89 Å². The van der Waals surface area contributed by atoms with Gasteiger partial charge in [-0.15, -0.1) is 0 Å². The highest BCUT2D eigenvalue weighted by Crippen LogP contribution is 2.45. The van der Waals surface area contributed by atoms with Crippen molar-refractivity contribution in [3.05, 3.63) is 35.4 Å². The molecule has 0 aromatic heterocycles. The summed E-state index contributed by atoms with van der Waals surface area (Å²) >= 11 is 0. The second kappa shape index (κ2) is 5.44. The molecule has 21 heavy (non-hydrogen) atoms. The normalized spacial score (nSPS) is 31.6. The lowest BCUT2D eigenvalue weighted by molar-refractivity contribution is -0.461. The fourth-order valence-corrected chi connectivity index (χ4v) is 3.17. The van der Waals surface area contributed by atoms with Crippen molar-refractivity contribution < 1.29 is 34.6 Å². The maximum atomic E-state index is 11.5. The number of hydrogen-bond acceptors (Lipinski definition) is 5. The highest BCUT2D eigenvalue weighted by Gasteiger charge is 2.46. The first kappa shape index (κ1) is 14.0. The zero-order chi connectivity index (χ0) is 15.0. The molecule has 1 aromatic carbocycles. The van der Waals surface area contributed by atoms with E-state index in [1.54, 1.807) is 24.3 Å². The molecule has 0 bridgehead atoms. The van der Waals surface area contributed by atoms with E-state index in [-0.39, 0.29) is 18.9 Å². The van der Waals surface area contributed by atoms with Crippen LogP contribution in [0.4, 0.5) is 0 Å². The van der Waals surface area contributed by atoms with Crippen molar-refractivity contribution in [1.29, 1.82) is 0 Å². The van der Waals surface area contributed by atoms with E-state index in [0.29, 0.717) is 5.56 Å². The van der Waals surface area contributed by atoms with E-state index in [0.717, 1.165) is 5.56 Å². The van der Waals surface area contributed by atoms with E-state index < -0.39 is 29.9 Å². The maximum Gasteiger partial charge on any atom is 0.311 e. The minimum absolute atomic E-state index is 0.167. The molecule has 3 rings (SSSR count). The number of carbonyl (C=O) groups is 2. The lowest BCUT2D eigenvalue weighted by Gasteiger charge is -2.35. The summed E-state index contributed by atoms with van der Waals surface area (Å²) in [5.41, 5.74) is 1.30. The van der Waals surface area contributed by atoms with Crippen LogP contribution < -0.4 is 0 Å². The third-order valence-electron chi connectivity index (χ3n) is 4.12. The number of aliphatic carboxylic acids is 2. The molecule has 1 saturated heterocycles. The van der Waals surface area contributed by atoms with Gasteiger partial charge in [-0.3, -0.25) is 9.59 Å². The molecule has 0 amide bonds. The van der Waals surface area contributed by atoms with Crippen molar-refractivity contribution >= 4 is 11.9 Å². The molecule has 2 N–H and O–H groups in total. The number of hydrogen-bond donors (Lipinski definition) is 2. The molecular weight excluding hydrogens is 280 g/mol. The molecule has 1 aliphatic carbocycles. The Morgan fingerprint density at radius 2 is 1.81 bits per heavy atom. The molecule has 1 fully saturated rings. The molecule has 1 aliphatic heterocycles. The van der Waals surface area contributed by atoms with Crippen LogP contribution in [0.15, 0.2) is 24.3 Å². The van der Waals surface area contributed by atoms with Gasteiger partial charge in [-0.1, -0.05) is 29.3 Å². The Bertz CT molecular complexity index is 564. The van der Waals surface area contributed by atoms with Crippen LogP contribution in [0.1, 0.15) is 29.4 Å². The van der Waals surface area contributed by atoms with Crippen LogP contribution in [0.25, 0.3) is 0 Å². The fourth-order valence-electron chi connectivity index (χ4n) is 3.17. The monoisotopic (exact) mass is 294 g/mol. The Morgan fingerprint density at radius 3 is 2.38 bits per heavy atom. The molecule has 2 aliphatic rings. The Kier molecular flexibility index (Phi) is 3.62. The summed E-state index contributed by atoms with van der Waals surface area (Å²) in [6, 6.07) is 6.96. The van der Waals surface area contributed by atoms with Crippen molar-refractivity contribution in [3.8, 4) is 0 Å². The summed E-state index contributed by atoms with van der Waals surface area (Å²) in [5, 5.41) is 23.2. The molecule has 112 valence electrons. The molecule has 0 radical (unpaired) electrons. The van der Waals surface area contributed by atoms with E-state index >= 15 is 0 Å². The van der Waals surface area contributed by atoms with E-state index in [4.69, 9.17) is 9.78 Å². The number of carboxylic acid groups (broad SMARTS) is 2. The standard InChI is InChI=1S/C14H14O7/c15-13(16)10-5-9(11-6-19-21-20-11)7-3-1-2-4-8(7)12(10)14(17)18/h1-4,9-12H,5-6H2,(H,15,16)(H,17,18). The molecule has 7 nitrogen and oxygen atoms in total. The van der Waals surface area contributed by atoms with Gasteiger partial charge in [0, 0.05) is 5.92 Å². The van der Waals surface area contributed by atoms with Gasteiger partial charge in [-0.05, 0) is 17.5 Å². The minimum Gasteiger partial charge on any atom is -0.481 e. The van der Waals surface area contributed by atoms with Crippen LogP contribution in [0.5, 0.6) is 0 Å². The topological polar surface area (TPSA) is 102 Å². The SMILES string of the molecule is O=C(O)C1CC(C2COOO2)c2ccccc2C1C(=O)O. The van der Waals surface area contributed by atoms with Crippen LogP contribution in [0, 0.1) is 5.92 Å². The van der Waals surface area contributed by atoms with Crippen molar-refractivity contribution in [2.24, 2.45) is 5.92 Å². The van der Waals surface area contributed by atoms with Gasteiger partial charge >= 0.3 is 11.9 Å². The average molecular weight is 294 g/mol. The van der Waals surface area contributed by atoms with Gasteiger partial charge in [0.05, 0.1) is 11.8 Å². The highest BCUT2D eigenvalue weighted by molar-refractivity contribution is 5.85. The van der Waals surface area contributed by atoms with Crippen molar-refractivity contribution in [2.45, 2.75) is 24.4 Å². The number of fused-ring (bicyclic) bond motifs is 1. The first-order valence-electron chi connectivity index (χ1n) is 6.59. The molecule has 1 aromatic rings. The molecule has 0 spiro atoms. The lowest BCUT2D eigenvalue weighted by atomic mass is 9.68. The van der Waals surface area contributed by atoms with Gasteiger partial charge in [0.2, 0.25) is 0 Å². The second-order valence-corrected chi connectivity index (χ2v) is 5.22. The summed E-state index contributed by atoms with van der Waals surface area (Å²) in [6.07, 6.45) is -0.275. The summed E-state index contributed by atoms with van der Waals surface area (Å²) in [4.78, 5) is 32.7. The summed E-state index contributed by atoms with van der Waals surface area (Å²) in [7, 11) is 0. The summed E-state index contributed by atoms with van der Waals surface area (Å²) in [6.45, 7) is 0.184. The molecule has 4 atom stereocenters. The van der Waals surface area contributed by atoms with Gasteiger partial charge in [0.25, 0.3) is 0 Å². The second-order valence-electron chi connectivity index (χ2n) is 5.22. The summed E-state index contributed by atoms with van der Waals surface area (Å²) in [5.74, 6) is -4.60. The lowest BCUT2D eigenvalue weighted by Crippen LogP contribution is -2.37. The van der Waals surface area contributed by atoms with E-state index in [9.17, 15) is 19.8 Å². The summed E-state index contributed by atoms with van der Waals surface area (Å²) < 4.78 is 0. The van der Waals surface area contributed by atoms with Crippen LogP contribution >= 0.6 is 0 Å². The first-order chi connectivity index (χ1) is 10.1. The van der Waals surface area contributed by atoms with Gasteiger partial charge < -0.3 is 10.2 Å². The Labute approximate surface area is 119 Å². The van der Waals surface area contributed by atoms with E-state index in [1.165, 1.54) is 0 Å². The number of carboxylic acids is 2. The molecular formula is C14H14O7. The van der Waals surface area contributed by atoms with Crippen molar-refractivity contribution in [3.63, 3.8) is 0 Å². The predicted octanol–water partition coefficient (Wildman–Crippen LogP) is 1.30. The van der Waals surface area contributed by atoms with Gasteiger partial charge in [-0.25, -0.2) is 4.89 Å². The third kappa shape index (κ3) is 2.39. The largest absolute Gasteiger partial charge is 0.481 e. The first-order valence-corrected chi connectivity index (χ1v) is 6.59. The van der Waals surface area contributed by atoms with E-state index in [2.05, 4.69) is 5.04 Å². The van der Waals surface area contributed by atoms with Gasteiger partial charge in [0.1, 0.15) is 12.7 Å². The molecule has 4 unspecified atom stereocenters. The minimum atomic E-state index is -1.13. The van der Waals surface area contributed by atoms with Crippen LogP contribution in [0.2, 0.25) is 0 Å². The van der Waals surface area contributed by atoms with Crippen molar-refractivity contribution in [1.82, 2.24) is 0 Å². The zero-order valence-electron chi connectivity index (χ0n) is 11.0. The van der Waals surface area contributed by atoms with Crippen LogP contribution in [-0.2, 0) is 24.4 Å². The Morgan fingerprint density at radius 1 is 1.10 bits per heavy atom. The van der Waals surface area contributed by atoms with Crippen LogP contribution in [-0.4, -0.2) is 34.9 Å². The Hall–Kier alpha value is -1.96. The average Bonchev–Trinajstić information content (AvgIpc) is 2.99. The predicted molar refractivity (Wildman–Crippen MR) is 67.2 cm³/mol. The van der Waals surface area contributed by atoms with Crippen molar-refractivity contribution in [2.75, 3.05) is 6.61 Å². The molecule has 1 heterocycles. The van der Waals surface area contributed by atoms with Crippen LogP contribution in [0.3, 0.4) is 0 Å². The maximum absolute atomic E-state index is 11.5. The third-order valence-corrected chi connectivity index (χ3v) is 4.12. The quantitative estimate of drug-likeness (QED) is 0.810. The molecule has 0 saturated carbocycles. The highest BCUT2D eigenvalue weighted by atomic mass is 17.5. The van der Waals surface area contributed by atoms with E-state index in [1.807, 2.05) is 0 Å². The Balaban J connectivity index is 2.06. The zero-order valence-corrected chi connectivity index (χ0v) is 11.0. The fraction of sp³-hybridized carbons (Fsp3) is 0.429. The van der Waals surface area contributed by atoms with Gasteiger partial charge in [0.15, 0.2) is 0 Å². The number of benzene rings is 1. The smallest absolute Gasteiger partial charge is 0.311 e.